The van der Waals surface area contributed by atoms with E-state index in [4.69, 9.17) is 4.74 Å². The Bertz CT molecular complexity index is 972. The summed E-state index contributed by atoms with van der Waals surface area (Å²) in [6.45, 7) is 0.457. The molecule has 4 rings (SSSR count). The third kappa shape index (κ3) is 3.19. The Morgan fingerprint density at radius 2 is 1.78 bits per heavy atom. The van der Waals surface area contributed by atoms with E-state index >= 15 is 0 Å². The summed E-state index contributed by atoms with van der Waals surface area (Å²) in [5.74, 6) is 0.396. The molecule has 27 heavy (non-hydrogen) atoms. The lowest BCUT2D eigenvalue weighted by molar-refractivity contribution is 0.0666. The van der Waals surface area contributed by atoms with Crippen LogP contribution in [0.25, 0.3) is 0 Å². The molecule has 5 heteroatoms. The quantitative estimate of drug-likeness (QED) is 0.733. The van der Waals surface area contributed by atoms with E-state index in [1.54, 1.807) is 17.0 Å². The van der Waals surface area contributed by atoms with Gasteiger partial charge in [-0.25, -0.2) is 0 Å². The maximum absolute atomic E-state index is 13.2. The number of hydrogen-bond acceptors (Lipinski definition) is 4. The first-order valence-corrected chi connectivity index (χ1v) is 8.75. The van der Waals surface area contributed by atoms with Crippen molar-refractivity contribution in [2.24, 2.45) is 0 Å². The number of rotatable bonds is 4. The van der Waals surface area contributed by atoms with Crippen molar-refractivity contribution in [1.29, 1.82) is 0 Å². The zero-order valence-corrected chi connectivity index (χ0v) is 14.9. The van der Waals surface area contributed by atoms with Crippen molar-refractivity contribution in [2.75, 3.05) is 12.4 Å². The molecule has 3 aromatic carbocycles. The van der Waals surface area contributed by atoms with Gasteiger partial charge in [-0.15, -0.1) is 0 Å². The van der Waals surface area contributed by atoms with Gasteiger partial charge in [-0.05, 0) is 35.4 Å². The second-order valence-corrected chi connectivity index (χ2v) is 6.44. The minimum absolute atomic E-state index is 0.0442. The molecule has 0 fully saturated rings. The fraction of sp³-hybridized carbons (Fsp3) is 0.136. The summed E-state index contributed by atoms with van der Waals surface area (Å²) in [7, 11) is 1.51. The SMILES string of the molecule is COc1ccc([C@@H]2Nc3ccccc3C(=O)N2Cc2ccccc2)cc1O. The molecule has 1 aliphatic heterocycles. The topological polar surface area (TPSA) is 61.8 Å². The van der Waals surface area contributed by atoms with Gasteiger partial charge in [0.05, 0.1) is 12.7 Å². The van der Waals surface area contributed by atoms with E-state index in [0.29, 0.717) is 17.9 Å². The van der Waals surface area contributed by atoms with Crippen LogP contribution < -0.4 is 10.1 Å². The van der Waals surface area contributed by atoms with Crippen molar-refractivity contribution < 1.29 is 14.6 Å². The highest BCUT2D eigenvalue weighted by molar-refractivity contribution is 6.01. The van der Waals surface area contributed by atoms with Crippen LogP contribution in [0.4, 0.5) is 5.69 Å². The summed E-state index contributed by atoms with van der Waals surface area (Å²) in [6.07, 6.45) is -0.399. The van der Waals surface area contributed by atoms with Gasteiger partial charge in [0.2, 0.25) is 0 Å². The number of fused-ring (bicyclic) bond motifs is 1. The molecule has 0 bridgehead atoms. The second kappa shape index (κ2) is 7.03. The number of anilines is 1. The molecule has 2 N–H and O–H groups in total. The lowest BCUT2D eigenvalue weighted by Crippen LogP contribution is -2.42. The third-order valence-corrected chi connectivity index (χ3v) is 4.74. The number of phenols is 1. The van der Waals surface area contributed by atoms with Gasteiger partial charge in [0, 0.05) is 12.2 Å². The average Bonchev–Trinajstić information content (AvgIpc) is 2.71. The number of methoxy groups -OCH3 is 1. The van der Waals surface area contributed by atoms with Crippen LogP contribution in [0.3, 0.4) is 0 Å². The highest BCUT2D eigenvalue weighted by atomic mass is 16.5. The van der Waals surface area contributed by atoms with Crippen LogP contribution in [0.15, 0.2) is 72.8 Å². The number of ether oxygens (including phenoxy) is 1. The fourth-order valence-corrected chi connectivity index (χ4v) is 3.38. The van der Waals surface area contributed by atoms with Crippen molar-refractivity contribution in [1.82, 2.24) is 4.90 Å². The van der Waals surface area contributed by atoms with Gasteiger partial charge in [0.25, 0.3) is 5.91 Å². The number of amides is 1. The molecular weight excluding hydrogens is 340 g/mol. The molecular formula is C22H20N2O3. The number of carbonyl (C=O) groups is 1. The van der Waals surface area contributed by atoms with Gasteiger partial charge < -0.3 is 20.1 Å². The van der Waals surface area contributed by atoms with Gasteiger partial charge in [0.15, 0.2) is 11.5 Å². The van der Waals surface area contributed by atoms with Crippen molar-refractivity contribution in [3.05, 3.63) is 89.5 Å². The molecule has 0 aromatic heterocycles. The van der Waals surface area contributed by atoms with Gasteiger partial charge in [-0.2, -0.15) is 0 Å². The fourth-order valence-electron chi connectivity index (χ4n) is 3.38. The van der Waals surface area contributed by atoms with Crippen LogP contribution in [0.5, 0.6) is 11.5 Å². The summed E-state index contributed by atoms with van der Waals surface area (Å²) < 4.78 is 5.14. The van der Waals surface area contributed by atoms with Gasteiger partial charge in [0.1, 0.15) is 6.17 Å². The molecule has 5 nitrogen and oxygen atoms in total. The van der Waals surface area contributed by atoms with E-state index < -0.39 is 6.17 Å². The number of para-hydroxylation sites is 1. The largest absolute Gasteiger partial charge is 0.504 e. The molecule has 1 heterocycles. The molecule has 0 saturated heterocycles. The summed E-state index contributed by atoms with van der Waals surface area (Å²) in [5, 5.41) is 13.6. The smallest absolute Gasteiger partial charge is 0.258 e. The predicted octanol–water partition coefficient (Wildman–Crippen LogP) is 4.17. The third-order valence-electron chi connectivity index (χ3n) is 4.74. The Balaban J connectivity index is 1.76. The normalized spacial score (nSPS) is 15.8. The van der Waals surface area contributed by atoms with Gasteiger partial charge >= 0.3 is 0 Å². The van der Waals surface area contributed by atoms with E-state index in [1.807, 2.05) is 60.7 Å². The van der Waals surface area contributed by atoms with Crippen LogP contribution in [0.1, 0.15) is 27.7 Å². The average molecular weight is 360 g/mol. The Morgan fingerprint density at radius 1 is 1.04 bits per heavy atom. The highest BCUT2D eigenvalue weighted by Crippen LogP contribution is 2.37. The lowest BCUT2D eigenvalue weighted by atomic mass is 10.0. The molecule has 0 spiro atoms. The second-order valence-electron chi connectivity index (χ2n) is 6.44. The predicted molar refractivity (Wildman–Crippen MR) is 104 cm³/mol. The van der Waals surface area contributed by atoms with Gasteiger partial charge in [-0.1, -0.05) is 48.5 Å². The number of nitrogens with zero attached hydrogens (tertiary/aromatic N) is 1. The van der Waals surface area contributed by atoms with Crippen LogP contribution in [0, 0.1) is 0 Å². The maximum Gasteiger partial charge on any atom is 0.258 e. The monoisotopic (exact) mass is 360 g/mol. The van der Waals surface area contributed by atoms with E-state index in [2.05, 4.69) is 5.32 Å². The number of benzene rings is 3. The Labute approximate surface area is 157 Å². The molecule has 1 aliphatic rings. The Hall–Kier alpha value is -3.47. The van der Waals surface area contributed by atoms with E-state index in [9.17, 15) is 9.90 Å². The number of hydrogen-bond donors (Lipinski definition) is 2. The molecule has 1 atom stereocenters. The van der Waals surface area contributed by atoms with Crippen LogP contribution >= 0.6 is 0 Å². The first-order valence-electron chi connectivity index (χ1n) is 8.75. The molecule has 0 aliphatic carbocycles. The molecule has 0 unspecified atom stereocenters. The minimum Gasteiger partial charge on any atom is -0.504 e. The number of aromatic hydroxyl groups is 1. The molecule has 1 amide bonds. The zero-order valence-electron chi connectivity index (χ0n) is 14.9. The van der Waals surface area contributed by atoms with Crippen molar-refractivity contribution >= 4 is 11.6 Å². The molecule has 3 aromatic rings. The van der Waals surface area contributed by atoms with E-state index in [-0.39, 0.29) is 11.7 Å². The summed E-state index contributed by atoms with van der Waals surface area (Å²) in [6, 6.07) is 22.5. The minimum atomic E-state index is -0.399. The summed E-state index contributed by atoms with van der Waals surface area (Å²) in [5.41, 5.74) is 3.25. The molecule has 0 saturated carbocycles. The number of carbonyl (C=O) groups excluding carboxylic acids is 1. The zero-order chi connectivity index (χ0) is 18.8. The number of phenolic OH excluding ortho intramolecular Hbond substituents is 1. The van der Waals surface area contributed by atoms with E-state index in [1.165, 1.54) is 7.11 Å². The maximum atomic E-state index is 13.2. The van der Waals surface area contributed by atoms with Crippen molar-refractivity contribution in [3.63, 3.8) is 0 Å². The van der Waals surface area contributed by atoms with Crippen LogP contribution in [-0.2, 0) is 6.54 Å². The summed E-state index contributed by atoms with van der Waals surface area (Å²) in [4.78, 5) is 15.0. The number of nitrogens with one attached hydrogen (secondary N) is 1. The first kappa shape index (κ1) is 17.0. The Kier molecular flexibility index (Phi) is 4.42. The summed E-state index contributed by atoms with van der Waals surface area (Å²) >= 11 is 0. The van der Waals surface area contributed by atoms with Crippen LogP contribution in [-0.4, -0.2) is 23.0 Å². The van der Waals surface area contributed by atoms with Crippen LogP contribution in [0.2, 0.25) is 0 Å². The lowest BCUT2D eigenvalue weighted by Gasteiger charge is -2.38. The van der Waals surface area contributed by atoms with Crippen molar-refractivity contribution in [3.8, 4) is 11.5 Å². The Morgan fingerprint density at radius 3 is 2.52 bits per heavy atom. The first-order chi connectivity index (χ1) is 13.2. The molecule has 136 valence electrons. The van der Waals surface area contributed by atoms with Crippen molar-refractivity contribution in [2.45, 2.75) is 12.7 Å². The van der Waals surface area contributed by atoms with Gasteiger partial charge in [-0.3, -0.25) is 4.79 Å². The highest BCUT2D eigenvalue weighted by Gasteiger charge is 2.33. The standard InChI is InChI=1S/C22H20N2O3/c1-27-20-12-11-16(13-19(20)25)21-23-18-10-6-5-9-17(18)22(26)24(21)14-15-7-3-2-4-8-15/h2-13,21,23,25H,14H2,1H3/t21-/m1/s1. The van der Waals surface area contributed by atoms with E-state index in [0.717, 1.165) is 16.8 Å². The molecule has 0 radical (unpaired) electrons.